The first-order valence-corrected chi connectivity index (χ1v) is 6.98. The van der Waals surface area contributed by atoms with Gasteiger partial charge in [-0.05, 0) is 36.5 Å². The number of urea groups is 1. The molecule has 5 heteroatoms. The van der Waals surface area contributed by atoms with Crippen LogP contribution in [0.3, 0.4) is 0 Å². The van der Waals surface area contributed by atoms with Gasteiger partial charge in [-0.2, -0.15) is 0 Å². The van der Waals surface area contributed by atoms with E-state index in [2.05, 4.69) is 10.6 Å². The third-order valence-corrected chi connectivity index (χ3v) is 3.92. The summed E-state index contributed by atoms with van der Waals surface area (Å²) < 4.78 is 0. The summed E-state index contributed by atoms with van der Waals surface area (Å²) >= 11 is 6.14. The van der Waals surface area contributed by atoms with Gasteiger partial charge in [-0.1, -0.05) is 30.7 Å². The first kappa shape index (κ1) is 14.2. The fourth-order valence-electron chi connectivity index (χ4n) is 2.42. The van der Waals surface area contributed by atoms with E-state index in [1.165, 1.54) is 0 Å². The molecule has 104 valence electrons. The van der Waals surface area contributed by atoms with E-state index in [4.69, 9.17) is 16.7 Å². The molecule has 0 aliphatic heterocycles. The van der Waals surface area contributed by atoms with E-state index < -0.39 is 0 Å². The van der Waals surface area contributed by atoms with Gasteiger partial charge in [0.1, 0.15) is 0 Å². The van der Waals surface area contributed by atoms with Gasteiger partial charge in [0.05, 0.1) is 18.7 Å². The zero-order chi connectivity index (χ0) is 13.8. The van der Waals surface area contributed by atoms with E-state index in [1.807, 2.05) is 25.1 Å². The van der Waals surface area contributed by atoms with Crippen molar-refractivity contribution in [3.8, 4) is 0 Å². The Balaban J connectivity index is 1.99. The van der Waals surface area contributed by atoms with Gasteiger partial charge < -0.3 is 15.7 Å². The van der Waals surface area contributed by atoms with Crippen LogP contribution in [0.2, 0.25) is 5.02 Å². The molecule has 0 saturated heterocycles. The summed E-state index contributed by atoms with van der Waals surface area (Å²) in [6, 6.07) is 5.36. The molecule has 0 fully saturated rings. The molecule has 2 rings (SSSR count). The third kappa shape index (κ3) is 3.19. The Labute approximate surface area is 118 Å². The van der Waals surface area contributed by atoms with E-state index in [-0.39, 0.29) is 24.7 Å². The molecular formula is C14H19ClN2O2. The lowest BCUT2D eigenvalue weighted by atomic mass is 10.1. The number of carbonyl (C=O) groups excluding carboxylic acids is 1. The zero-order valence-corrected chi connectivity index (χ0v) is 11.7. The maximum absolute atomic E-state index is 11.9. The van der Waals surface area contributed by atoms with Crippen molar-refractivity contribution in [2.45, 2.75) is 38.3 Å². The van der Waals surface area contributed by atoms with Crippen molar-refractivity contribution in [3.63, 3.8) is 0 Å². The lowest BCUT2D eigenvalue weighted by Crippen LogP contribution is -2.44. The molecule has 0 spiro atoms. The van der Waals surface area contributed by atoms with Crippen LogP contribution >= 0.6 is 11.6 Å². The molecule has 4 nitrogen and oxygen atoms in total. The number of hydrogen-bond acceptors (Lipinski definition) is 2. The first-order valence-electron chi connectivity index (χ1n) is 6.60. The van der Waals surface area contributed by atoms with Gasteiger partial charge in [0.15, 0.2) is 0 Å². The molecule has 1 aromatic carbocycles. The van der Waals surface area contributed by atoms with Crippen molar-refractivity contribution in [3.05, 3.63) is 34.3 Å². The topological polar surface area (TPSA) is 61.4 Å². The van der Waals surface area contributed by atoms with E-state index in [0.29, 0.717) is 6.42 Å². The molecule has 0 heterocycles. The van der Waals surface area contributed by atoms with Crippen LogP contribution in [0, 0.1) is 0 Å². The summed E-state index contributed by atoms with van der Waals surface area (Å²) in [4.78, 5) is 11.9. The highest BCUT2D eigenvalue weighted by Crippen LogP contribution is 2.35. The number of rotatable bonds is 4. The Morgan fingerprint density at radius 2 is 2.37 bits per heavy atom. The predicted molar refractivity (Wildman–Crippen MR) is 75.3 cm³/mol. The molecule has 0 aromatic heterocycles. The van der Waals surface area contributed by atoms with Crippen molar-refractivity contribution in [1.82, 2.24) is 10.6 Å². The van der Waals surface area contributed by atoms with Crippen molar-refractivity contribution < 1.29 is 9.90 Å². The molecule has 0 radical (unpaired) electrons. The van der Waals surface area contributed by atoms with Crippen LogP contribution in [-0.2, 0) is 6.42 Å². The summed E-state index contributed by atoms with van der Waals surface area (Å²) in [5.41, 5.74) is 2.23. The van der Waals surface area contributed by atoms with Gasteiger partial charge in [0, 0.05) is 5.02 Å². The van der Waals surface area contributed by atoms with Crippen molar-refractivity contribution >= 4 is 17.6 Å². The quantitative estimate of drug-likeness (QED) is 0.794. The number of benzene rings is 1. The average molecular weight is 283 g/mol. The van der Waals surface area contributed by atoms with Crippen LogP contribution in [0.4, 0.5) is 4.79 Å². The number of carbonyl (C=O) groups is 1. The number of hydrogen-bond donors (Lipinski definition) is 3. The smallest absolute Gasteiger partial charge is 0.315 e. The van der Waals surface area contributed by atoms with Crippen LogP contribution in [0.1, 0.15) is 36.9 Å². The van der Waals surface area contributed by atoms with Gasteiger partial charge in [-0.3, -0.25) is 0 Å². The zero-order valence-electron chi connectivity index (χ0n) is 10.9. The van der Waals surface area contributed by atoms with Gasteiger partial charge in [0.25, 0.3) is 0 Å². The number of aliphatic hydroxyl groups is 1. The molecule has 1 aliphatic carbocycles. The van der Waals surface area contributed by atoms with Crippen molar-refractivity contribution in [1.29, 1.82) is 0 Å². The van der Waals surface area contributed by atoms with Crippen LogP contribution in [-0.4, -0.2) is 23.8 Å². The normalized spacial score (nSPS) is 18.8. The van der Waals surface area contributed by atoms with E-state index in [1.54, 1.807) is 0 Å². The Hall–Kier alpha value is -1.26. The van der Waals surface area contributed by atoms with E-state index >= 15 is 0 Å². The molecule has 19 heavy (non-hydrogen) atoms. The standard InChI is InChI=1S/C14H19ClN2O2/c1-2-9(8-18)16-14(19)17-13-7-6-10-11(13)4-3-5-12(10)15/h3-5,9,13,18H,2,6-8H2,1H3,(H2,16,17,19). The second-order valence-corrected chi connectivity index (χ2v) is 5.21. The number of halogens is 1. The van der Waals surface area contributed by atoms with Crippen LogP contribution in [0.25, 0.3) is 0 Å². The molecule has 1 aliphatic rings. The number of amides is 2. The molecule has 3 N–H and O–H groups in total. The van der Waals surface area contributed by atoms with Crippen molar-refractivity contribution in [2.75, 3.05) is 6.61 Å². The summed E-state index contributed by atoms with van der Waals surface area (Å²) in [5, 5.41) is 15.5. The summed E-state index contributed by atoms with van der Waals surface area (Å²) in [6.07, 6.45) is 2.45. The monoisotopic (exact) mass is 282 g/mol. The van der Waals surface area contributed by atoms with E-state index in [0.717, 1.165) is 29.0 Å². The fourth-order valence-corrected chi connectivity index (χ4v) is 2.70. The largest absolute Gasteiger partial charge is 0.394 e. The Bertz CT molecular complexity index is 461. The van der Waals surface area contributed by atoms with Gasteiger partial charge in [0.2, 0.25) is 0 Å². The van der Waals surface area contributed by atoms with Crippen molar-refractivity contribution in [2.24, 2.45) is 0 Å². The lowest BCUT2D eigenvalue weighted by Gasteiger charge is -2.18. The molecular weight excluding hydrogens is 264 g/mol. The average Bonchev–Trinajstić information content (AvgIpc) is 2.81. The minimum absolute atomic E-state index is 0.00454. The molecule has 2 unspecified atom stereocenters. The molecule has 0 bridgehead atoms. The number of aliphatic hydroxyl groups excluding tert-OH is 1. The van der Waals surface area contributed by atoms with Gasteiger partial charge >= 0.3 is 6.03 Å². The second kappa shape index (κ2) is 6.26. The Kier molecular flexibility index (Phi) is 4.66. The highest BCUT2D eigenvalue weighted by atomic mass is 35.5. The maximum atomic E-state index is 11.9. The second-order valence-electron chi connectivity index (χ2n) is 4.80. The summed E-state index contributed by atoms with van der Waals surface area (Å²) in [7, 11) is 0. The Morgan fingerprint density at radius 3 is 3.05 bits per heavy atom. The number of nitrogens with one attached hydrogen (secondary N) is 2. The van der Waals surface area contributed by atoms with Crippen LogP contribution in [0.5, 0.6) is 0 Å². The SMILES string of the molecule is CCC(CO)NC(=O)NC1CCc2c(Cl)cccc21. The maximum Gasteiger partial charge on any atom is 0.315 e. The van der Waals surface area contributed by atoms with E-state index in [9.17, 15) is 4.79 Å². The fraction of sp³-hybridized carbons (Fsp3) is 0.500. The minimum Gasteiger partial charge on any atom is -0.394 e. The predicted octanol–water partition coefficient (Wildman–Crippen LogP) is 2.40. The first-order chi connectivity index (χ1) is 9.15. The molecule has 0 saturated carbocycles. The van der Waals surface area contributed by atoms with Gasteiger partial charge in [-0.25, -0.2) is 4.79 Å². The number of fused-ring (bicyclic) bond motifs is 1. The van der Waals surface area contributed by atoms with Gasteiger partial charge in [-0.15, -0.1) is 0 Å². The lowest BCUT2D eigenvalue weighted by molar-refractivity contribution is 0.212. The minimum atomic E-state index is -0.237. The molecule has 2 atom stereocenters. The highest BCUT2D eigenvalue weighted by Gasteiger charge is 2.25. The summed E-state index contributed by atoms with van der Waals surface area (Å²) in [6.45, 7) is 1.88. The van der Waals surface area contributed by atoms with Crippen LogP contribution in [0.15, 0.2) is 18.2 Å². The Morgan fingerprint density at radius 1 is 1.58 bits per heavy atom. The summed E-state index contributed by atoms with van der Waals surface area (Å²) in [5.74, 6) is 0. The molecule has 1 aromatic rings. The van der Waals surface area contributed by atoms with Crippen LogP contribution < -0.4 is 10.6 Å². The third-order valence-electron chi connectivity index (χ3n) is 3.57. The molecule has 2 amide bonds. The highest BCUT2D eigenvalue weighted by molar-refractivity contribution is 6.31.